The summed E-state index contributed by atoms with van der Waals surface area (Å²) in [4.78, 5) is 12.8. The highest BCUT2D eigenvalue weighted by molar-refractivity contribution is 6.30. The average molecular weight is 391 g/mol. The second-order valence-electron chi connectivity index (χ2n) is 6.88. The van der Waals surface area contributed by atoms with E-state index in [9.17, 15) is 4.79 Å². The quantitative estimate of drug-likeness (QED) is 0.501. The Morgan fingerprint density at radius 1 is 1.04 bits per heavy atom. The van der Waals surface area contributed by atoms with Gasteiger partial charge in [-0.3, -0.25) is 4.79 Å². The van der Waals surface area contributed by atoms with Crippen molar-refractivity contribution in [2.24, 2.45) is 0 Å². The van der Waals surface area contributed by atoms with Crippen molar-refractivity contribution >= 4 is 23.5 Å². The van der Waals surface area contributed by atoms with Gasteiger partial charge in [-0.05, 0) is 54.8 Å². The summed E-state index contributed by atoms with van der Waals surface area (Å²) in [5, 5.41) is 0.672. The van der Waals surface area contributed by atoms with Crippen LogP contribution in [0.15, 0.2) is 66.4 Å². The largest absolute Gasteiger partial charge is 0.489 e. The predicted octanol–water partition coefficient (Wildman–Crippen LogP) is 6.15. The van der Waals surface area contributed by atoms with E-state index >= 15 is 0 Å². The number of hydrogen-bond donors (Lipinski definition) is 0. The van der Waals surface area contributed by atoms with Crippen molar-refractivity contribution < 1.29 is 14.3 Å². The predicted molar refractivity (Wildman–Crippen MR) is 111 cm³/mol. The van der Waals surface area contributed by atoms with Crippen LogP contribution in [0, 0.1) is 13.8 Å². The molecule has 3 nitrogen and oxygen atoms in total. The number of hydrogen-bond acceptors (Lipinski definition) is 3. The molecule has 0 amide bonds. The van der Waals surface area contributed by atoms with E-state index in [0.29, 0.717) is 34.5 Å². The fourth-order valence-corrected chi connectivity index (χ4v) is 3.38. The molecule has 1 aliphatic heterocycles. The summed E-state index contributed by atoms with van der Waals surface area (Å²) < 4.78 is 11.7. The molecule has 0 saturated carbocycles. The first-order chi connectivity index (χ1) is 13.5. The second kappa shape index (κ2) is 7.53. The lowest BCUT2D eigenvalue weighted by atomic mass is 10.0. The molecule has 1 heterocycles. The highest BCUT2D eigenvalue weighted by atomic mass is 35.5. The molecule has 1 aliphatic rings. The zero-order chi connectivity index (χ0) is 19.7. The Balaban J connectivity index is 1.56. The molecule has 140 valence electrons. The third-order valence-electron chi connectivity index (χ3n) is 4.61. The Hall–Kier alpha value is -3.04. The maximum atomic E-state index is 12.8. The number of rotatable bonds is 4. The lowest BCUT2D eigenvalue weighted by Gasteiger charge is -2.09. The lowest BCUT2D eigenvalue weighted by molar-refractivity contribution is 0.101. The topological polar surface area (TPSA) is 35.5 Å². The molecule has 3 aromatic rings. The fourth-order valence-electron chi connectivity index (χ4n) is 3.17. The van der Waals surface area contributed by atoms with Gasteiger partial charge in [-0.25, -0.2) is 0 Å². The standard InChI is InChI=1S/C24H19ClO3/c1-15-6-8-17(9-7-15)12-22-24(26)23-16(2)10-20(13-21(23)28-22)27-14-18-4-3-5-19(25)11-18/h3-13H,14H2,1-2H3/b22-12-. The number of carbonyl (C=O) groups is 1. The average Bonchev–Trinajstić information content (AvgIpc) is 2.98. The van der Waals surface area contributed by atoms with Crippen molar-refractivity contribution in [2.45, 2.75) is 20.5 Å². The van der Waals surface area contributed by atoms with Crippen LogP contribution in [-0.4, -0.2) is 5.78 Å². The molecule has 0 spiro atoms. The van der Waals surface area contributed by atoms with E-state index in [4.69, 9.17) is 21.1 Å². The molecule has 0 atom stereocenters. The molecule has 4 rings (SSSR count). The van der Waals surface area contributed by atoms with E-state index < -0.39 is 0 Å². The first-order valence-corrected chi connectivity index (χ1v) is 9.40. The second-order valence-corrected chi connectivity index (χ2v) is 7.32. The minimum absolute atomic E-state index is 0.102. The Labute approximate surface area is 169 Å². The normalized spacial score (nSPS) is 14.1. The van der Waals surface area contributed by atoms with Crippen LogP contribution < -0.4 is 9.47 Å². The lowest BCUT2D eigenvalue weighted by Crippen LogP contribution is -2.00. The monoisotopic (exact) mass is 390 g/mol. The van der Waals surface area contributed by atoms with Crippen molar-refractivity contribution in [3.63, 3.8) is 0 Å². The first-order valence-electron chi connectivity index (χ1n) is 9.02. The molecule has 4 heteroatoms. The van der Waals surface area contributed by atoms with Crippen LogP contribution in [-0.2, 0) is 6.61 Å². The van der Waals surface area contributed by atoms with Gasteiger partial charge in [0.2, 0.25) is 5.78 Å². The summed E-state index contributed by atoms with van der Waals surface area (Å²) in [6.45, 7) is 4.30. The van der Waals surface area contributed by atoms with Gasteiger partial charge in [-0.1, -0.05) is 53.6 Å². The molecule has 3 aromatic carbocycles. The third-order valence-corrected chi connectivity index (χ3v) is 4.85. The van der Waals surface area contributed by atoms with Crippen LogP contribution in [0.2, 0.25) is 5.02 Å². The summed E-state index contributed by atoms with van der Waals surface area (Å²) in [5.74, 6) is 1.41. The van der Waals surface area contributed by atoms with Gasteiger partial charge in [0.25, 0.3) is 0 Å². The van der Waals surface area contributed by atoms with E-state index in [1.54, 1.807) is 12.1 Å². The Bertz CT molecular complexity index is 1080. The van der Waals surface area contributed by atoms with Crippen LogP contribution >= 0.6 is 11.6 Å². The Morgan fingerprint density at radius 2 is 1.82 bits per heavy atom. The van der Waals surface area contributed by atoms with E-state index in [1.165, 1.54) is 5.56 Å². The van der Waals surface area contributed by atoms with E-state index in [-0.39, 0.29) is 5.78 Å². The van der Waals surface area contributed by atoms with Crippen LogP contribution in [0.3, 0.4) is 0 Å². The van der Waals surface area contributed by atoms with Crippen LogP contribution in [0.4, 0.5) is 0 Å². The van der Waals surface area contributed by atoms with Crippen molar-refractivity contribution in [3.05, 3.63) is 99.3 Å². The number of Topliss-reactive ketones (excluding diaryl/α,β-unsaturated/α-hetero) is 1. The molecule has 0 radical (unpaired) electrons. The number of fused-ring (bicyclic) bond motifs is 1. The summed E-state index contributed by atoms with van der Waals surface area (Å²) in [5.41, 5.74) is 4.49. The van der Waals surface area contributed by atoms with Crippen LogP contribution in [0.5, 0.6) is 11.5 Å². The van der Waals surface area contributed by atoms with Gasteiger partial charge in [-0.2, -0.15) is 0 Å². The molecule has 0 N–H and O–H groups in total. The summed E-state index contributed by atoms with van der Waals surface area (Å²) in [6.07, 6.45) is 1.77. The summed E-state index contributed by atoms with van der Waals surface area (Å²) >= 11 is 6.02. The minimum atomic E-state index is -0.102. The highest BCUT2D eigenvalue weighted by Crippen LogP contribution is 2.37. The fraction of sp³-hybridized carbons (Fsp3) is 0.125. The molecule has 0 aliphatic carbocycles. The number of halogens is 1. The maximum absolute atomic E-state index is 12.8. The van der Waals surface area contributed by atoms with Gasteiger partial charge >= 0.3 is 0 Å². The van der Waals surface area contributed by atoms with E-state index in [0.717, 1.165) is 16.7 Å². The van der Waals surface area contributed by atoms with Crippen molar-refractivity contribution in [1.82, 2.24) is 0 Å². The van der Waals surface area contributed by atoms with Crippen molar-refractivity contribution in [1.29, 1.82) is 0 Å². The first kappa shape index (κ1) is 18.3. The van der Waals surface area contributed by atoms with Gasteiger partial charge in [0, 0.05) is 11.1 Å². The third kappa shape index (κ3) is 3.80. The number of ketones is 1. The highest BCUT2D eigenvalue weighted by Gasteiger charge is 2.30. The molecular weight excluding hydrogens is 372 g/mol. The Kier molecular flexibility index (Phi) is 4.93. The molecule has 0 unspecified atom stereocenters. The van der Waals surface area contributed by atoms with Gasteiger partial charge in [0.15, 0.2) is 5.76 Å². The van der Waals surface area contributed by atoms with Gasteiger partial charge in [0.05, 0.1) is 5.56 Å². The van der Waals surface area contributed by atoms with Crippen LogP contribution in [0.1, 0.15) is 32.6 Å². The molecule has 0 fully saturated rings. The molecule has 28 heavy (non-hydrogen) atoms. The number of benzene rings is 3. The zero-order valence-electron chi connectivity index (χ0n) is 15.7. The van der Waals surface area contributed by atoms with Gasteiger partial charge < -0.3 is 9.47 Å². The SMILES string of the molecule is Cc1ccc(/C=C2\Oc3cc(OCc4cccc(Cl)c4)cc(C)c3C2=O)cc1. The molecule has 0 aromatic heterocycles. The number of allylic oxidation sites excluding steroid dienone is 1. The molecule has 0 bridgehead atoms. The Morgan fingerprint density at radius 3 is 2.57 bits per heavy atom. The number of carbonyl (C=O) groups excluding carboxylic acids is 1. The van der Waals surface area contributed by atoms with Gasteiger partial charge in [0.1, 0.15) is 18.1 Å². The van der Waals surface area contributed by atoms with Crippen molar-refractivity contribution in [2.75, 3.05) is 0 Å². The maximum Gasteiger partial charge on any atom is 0.232 e. The van der Waals surface area contributed by atoms with E-state index in [1.807, 2.05) is 68.4 Å². The number of aryl methyl sites for hydroxylation is 2. The van der Waals surface area contributed by atoms with E-state index in [2.05, 4.69) is 0 Å². The summed E-state index contributed by atoms with van der Waals surface area (Å²) in [7, 11) is 0. The summed E-state index contributed by atoms with van der Waals surface area (Å²) in [6, 6.07) is 19.1. The zero-order valence-corrected chi connectivity index (χ0v) is 16.4. The smallest absolute Gasteiger partial charge is 0.232 e. The minimum Gasteiger partial charge on any atom is -0.489 e. The molecule has 0 saturated heterocycles. The van der Waals surface area contributed by atoms with Crippen molar-refractivity contribution in [3.8, 4) is 11.5 Å². The number of ether oxygens (including phenoxy) is 2. The van der Waals surface area contributed by atoms with Gasteiger partial charge in [-0.15, -0.1) is 0 Å². The van der Waals surface area contributed by atoms with Crippen LogP contribution in [0.25, 0.3) is 6.08 Å². The molecular formula is C24H19ClO3.